The highest BCUT2D eigenvalue weighted by Gasteiger charge is 2.22. The van der Waals surface area contributed by atoms with Crippen molar-refractivity contribution in [2.75, 3.05) is 14.2 Å². The first-order valence-electron chi connectivity index (χ1n) is 8.48. The number of hydrogen-bond acceptors (Lipinski definition) is 6. The van der Waals surface area contributed by atoms with Crippen LogP contribution in [0.4, 0.5) is 0 Å². The summed E-state index contributed by atoms with van der Waals surface area (Å²) in [6.07, 6.45) is 1.17. The summed E-state index contributed by atoms with van der Waals surface area (Å²) in [4.78, 5) is 17.2. The maximum absolute atomic E-state index is 11.0. The largest absolute Gasteiger partial charge is 0.497 e. The third-order valence-corrected chi connectivity index (χ3v) is 4.51. The Bertz CT molecular complexity index is 741. The van der Waals surface area contributed by atoms with E-state index in [1.807, 2.05) is 18.2 Å². The van der Waals surface area contributed by atoms with Crippen LogP contribution in [-0.4, -0.2) is 41.2 Å². The normalized spacial score (nSPS) is 12.4. The number of rotatable bonds is 9. The molecule has 1 unspecified atom stereocenters. The maximum Gasteiger partial charge on any atom is 0.357 e. The van der Waals surface area contributed by atoms with Crippen LogP contribution in [0.15, 0.2) is 28.9 Å². The van der Waals surface area contributed by atoms with E-state index in [2.05, 4.69) is 30.7 Å². The Morgan fingerprint density at radius 1 is 1.23 bits per heavy atom. The van der Waals surface area contributed by atoms with E-state index in [-0.39, 0.29) is 11.7 Å². The van der Waals surface area contributed by atoms with Gasteiger partial charge < -0.3 is 19.0 Å². The van der Waals surface area contributed by atoms with Crippen molar-refractivity contribution < 1.29 is 23.8 Å². The van der Waals surface area contributed by atoms with Crippen molar-refractivity contribution in [1.82, 2.24) is 9.88 Å². The van der Waals surface area contributed by atoms with Gasteiger partial charge in [-0.3, -0.25) is 4.90 Å². The minimum absolute atomic E-state index is 0.0869. The van der Waals surface area contributed by atoms with Crippen molar-refractivity contribution in [3.63, 3.8) is 0 Å². The van der Waals surface area contributed by atoms with Gasteiger partial charge in [-0.2, -0.15) is 0 Å². The molecular weight excluding hydrogens is 336 g/mol. The van der Waals surface area contributed by atoms with Crippen LogP contribution >= 0.6 is 0 Å². The molecule has 0 amide bonds. The van der Waals surface area contributed by atoms with E-state index in [0.29, 0.717) is 24.9 Å². The number of carboxylic acid groups (broad SMARTS) is 1. The predicted molar refractivity (Wildman–Crippen MR) is 96.6 cm³/mol. The van der Waals surface area contributed by atoms with Gasteiger partial charge in [-0.25, -0.2) is 9.78 Å². The molecule has 0 aliphatic rings. The van der Waals surface area contributed by atoms with E-state index in [1.54, 1.807) is 14.2 Å². The van der Waals surface area contributed by atoms with Crippen LogP contribution in [0.1, 0.15) is 42.7 Å². The fourth-order valence-corrected chi connectivity index (χ4v) is 2.65. The topological polar surface area (TPSA) is 85.0 Å². The molecular formula is C19H26N2O5. The number of hydrogen-bond donors (Lipinski definition) is 1. The third-order valence-electron chi connectivity index (χ3n) is 4.51. The lowest BCUT2D eigenvalue weighted by molar-refractivity contribution is 0.0690. The monoisotopic (exact) mass is 362 g/mol. The van der Waals surface area contributed by atoms with Gasteiger partial charge in [0.1, 0.15) is 17.8 Å². The van der Waals surface area contributed by atoms with Crippen LogP contribution in [0.3, 0.4) is 0 Å². The van der Waals surface area contributed by atoms with Crippen molar-refractivity contribution in [3.8, 4) is 11.5 Å². The highest BCUT2D eigenvalue weighted by molar-refractivity contribution is 5.84. The standard InChI is InChI=1S/C19H26N2O5/c1-12(2)13(3)21(10-18-20-16(11-26-18)19(22)23)9-14-8-15(24-4)6-7-17(14)25-5/h6-8,11-13H,9-10H2,1-5H3,(H,22,23). The molecule has 0 aliphatic carbocycles. The first kappa shape index (κ1) is 19.8. The number of nitrogens with zero attached hydrogens (tertiary/aromatic N) is 2. The number of aromatic carboxylic acids is 1. The number of benzene rings is 1. The maximum atomic E-state index is 11.0. The molecule has 26 heavy (non-hydrogen) atoms. The molecule has 2 rings (SSSR count). The molecule has 1 aromatic heterocycles. The van der Waals surface area contributed by atoms with Gasteiger partial charge in [0.05, 0.1) is 20.8 Å². The Kier molecular flexibility index (Phi) is 6.63. The van der Waals surface area contributed by atoms with Crippen LogP contribution in [0.25, 0.3) is 0 Å². The second-order valence-corrected chi connectivity index (χ2v) is 6.50. The lowest BCUT2D eigenvalue weighted by Gasteiger charge is -2.31. The molecule has 0 bridgehead atoms. The number of aromatic nitrogens is 1. The fourth-order valence-electron chi connectivity index (χ4n) is 2.65. The van der Waals surface area contributed by atoms with Gasteiger partial charge in [0.2, 0.25) is 5.89 Å². The van der Waals surface area contributed by atoms with Crippen molar-refractivity contribution in [1.29, 1.82) is 0 Å². The van der Waals surface area contributed by atoms with Crippen LogP contribution in [0.2, 0.25) is 0 Å². The first-order valence-corrected chi connectivity index (χ1v) is 8.48. The number of methoxy groups -OCH3 is 2. The van der Waals surface area contributed by atoms with E-state index in [1.165, 1.54) is 6.26 Å². The molecule has 1 N–H and O–H groups in total. The summed E-state index contributed by atoms with van der Waals surface area (Å²) in [6, 6.07) is 5.88. The van der Waals surface area contributed by atoms with Gasteiger partial charge in [-0.15, -0.1) is 0 Å². The zero-order valence-electron chi connectivity index (χ0n) is 15.9. The molecule has 0 saturated heterocycles. The molecule has 0 spiro atoms. The SMILES string of the molecule is COc1ccc(OC)c(CN(Cc2nc(C(=O)O)co2)C(C)C(C)C)c1. The van der Waals surface area contributed by atoms with Gasteiger partial charge in [-0.05, 0) is 31.0 Å². The van der Waals surface area contributed by atoms with Crippen molar-refractivity contribution in [3.05, 3.63) is 41.6 Å². The molecule has 0 saturated carbocycles. The Morgan fingerprint density at radius 2 is 1.96 bits per heavy atom. The van der Waals surface area contributed by atoms with E-state index >= 15 is 0 Å². The number of carboxylic acids is 1. The summed E-state index contributed by atoms with van der Waals surface area (Å²) < 4.78 is 16.1. The van der Waals surface area contributed by atoms with E-state index in [0.717, 1.165) is 17.1 Å². The van der Waals surface area contributed by atoms with Crippen LogP contribution < -0.4 is 9.47 Å². The first-order chi connectivity index (χ1) is 12.3. The average Bonchev–Trinajstić information content (AvgIpc) is 3.09. The number of ether oxygens (including phenoxy) is 2. The van der Waals surface area contributed by atoms with Crippen LogP contribution in [0, 0.1) is 5.92 Å². The van der Waals surface area contributed by atoms with Gasteiger partial charge in [0, 0.05) is 18.2 Å². The Morgan fingerprint density at radius 3 is 2.50 bits per heavy atom. The van der Waals surface area contributed by atoms with E-state index in [9.17, 15) is 4.79 Å². The van der Waals surface area contributed by atoms with Gasteiger partial charge >= 0.3 is 5.97 Å². The van der Waals surface area contributed by atoms with Gasteiger partial charge in [-0.1, -0.05) is 13.8 Å². The van der Waals surface area contributed by atoms with E-state index < -0.39 is 5.97 Å². The Hall–Kier alpha value is -2.54. The molecule has 1 aromatic carbocycles. The lowest BCUT2D eigenvalue weighted by Crippen LogP contribution is -2.36. The van der Waals surface area contributed by atoms with E-state index in [4.69, 9.17) is 19.0 Å². The second kappa shape index (κ2) is 8.71. The van der Waals surface area contributed by atoms with Crippen LogP contribution in [0.5, 0.6) is 11.5 Å². The predicted octanol–water partition coefficient (Wildman–Crippen LogP) is 3.44. The molecule has 7 nitrogen and oxygen atoms in total. The highest BCUT2D eigenvalue weighted by Crippen LogP contribution is 2.27. The lowest BCUT2D eigenvalue weighted by atomic mass is 10.0. The summed E-state index contributed by atoms with van der Waals surface area (Å²) >= 11 is 0. The molecule has 7 heteroatoms. The zero-order chi connectivity index (χ0) is 19.3. The van der Waals surface area contributed by atoms with Crippen molar-refractivity contribution in [2.45, 2.75) is 39.9 Å². The molecule has 0 radical (unpaired) electrons. The molecule has 142 valence electrons. The van der Waals surface area contributed by atoms with Crippen molar-refractivity contribution >= 4 is 5.97 Å². The number of oxazole rings is 1. The quantitative estimate of drug-likeness (QED) is 0.731. The van der Waals surface area contributed by atoms with Gasteiger partial charge in [0.25, 0.3) is 0 Å². The summed E-state index contributed by atoms with van der Waals surface area (Å²) in [5, 5.41) is 9.02. The molecule has 0 fully saturated rings. The highest BCUT2D eigenvalue weighted by atomic mass is 16.5. The Balaban J connectivity index is 2.28. The fraction of sp³-hybridized carbons (Fsp3) is 0.474. The minimum Gasteiger partial charge on any atom is -0.497 e. The second-order valence-electron chi connectivity index (χ2n) is 6.50. The zero-order valence-corrected chi connectivity index (χ0v) is 15.9. The Labute approximate surface area is 153 Å². The van der Waals surface area contributed by atoms with Crippen LogP contribution in [-0.2, 0) is 13.1 Å². The van der Waals surface area contributed by atoms with Gasteiger partial charge in [0.15, 0.2) is 5.69 Å². The van der Waals surface area contributed by atoms with Crippen molar-refractivity contribution in [2.24, 2.45) is 5.92 Å². The average molecular weight is 362 g/mol. The molecule has 1 heterocycles. The smallest absolute Gasteiger partial charge is 0.357 e. The molecule has 1 atom stereocenters. The summed E-state index contributed by atoms with van der Waals surface area (Å²) in [5.41, 5.74) is 0.889. The number of carbonyl (C=O) groups is 1. The summed E-state index contributed by atoms with van der Waals surface area (Å²) in [7, 11) is 3.26. The molecule has 2 aromatic rings. The summed E-state index contributed by atoms with van der Waals surface area (Å²) in [6.45, 7) is 7.38. The minimum atomic E-state index is -1.10. The molecule has 0 aliphatic heterocycles. The third kappa shape index (κ3) is 4.76. The summed E-state index contributed by atoms with van der Waals surface area (Å²) in [5.74, 6) is 1.18.